The van der Waals surface area contributed by atoms with E-state index in [-0.39, 0.29) is 0 Å². The van der Waals surface area contributed by atoms with Crippen LogP contribution in [0.25, 0.3) is 0 Å². The zero-order valence-electron chi connectivity index (χ0n) is 9.71. The molecule has 0 unspecified atom stereocenters. The Hall–Kier alpha value is -0.0800. The van der Waals surface area contributed by atoms with E-state index in [1.54, 1.807) is 0 Å². The first kappa shape index (κ1) is 12.0. The van der Waals surface area contributed by atoms with Gasteiger partial charge in [-0.05, 0) is 38.1 Å². The highest BCUT2D eigenvalue weighted by Gasteiger charge is 2.23. The number of hydrogen-bond acceptors (Lipinski definition) is 2. The zero-order valence-corrected chi connectivity index (χ0v) is 9.71. The van der Waals surface area contributed by atoms with E-state index in [1.165, 1.54) is 38.6 Å². The van der Waals surface area contributed by atoms with Crippen molar-refractivity contribution in [1.29, 1.82) is 0 Å². The van der Waals surface area contributed by atoms with Crippen LogP contribution in [0, 0.1) is 5.92 Å². The third-order valence-corrected chi connectivity index (χ3v) is 3.21. The predicted octanol–water partition coefficient (Wildman–Crippen LogP) is 2.27. The van der Waals surface area contributed by atoms with Crippen molar-refractivity contribution in [2.45, 2.75) is 52.0 Å². The summed E-state index contributed by atoms with van der Waals surface area (Å²) in [4.78, 5) is 2.48. The van der Waals surface area contributed by atoms with Crippen LogP contribution >= 0.6 is 0 Å². The van der Waals surface area contributed by atoms with Gasteiger partial charge in [0.15, 0.2) is 0 Å². The molecule has 0 aromatic rings. The Labute approximate surface area is 88.3 Å². The number of aliphatic hydroxyl groups excluding tert-OH is 1. The van der Waals surface area contributed by atoms with Crippen molar-refractivity contribution in [1.82, 2.24) is 4.90 Å². The molecule has 0 aromatic heterocycles. The van der Waals surface area contributed by atoms with Gasteiger partial charge in [-0.15, -0.1) is 0 Å². The monoisotopic (exact) mass is 199 g/mol. The van der Waals surface area contributed by atoms with Gasteiger partial charge >= 0.3 is 0 Å². The molecule has 1 saturated carbocycles. The lowest BCUT2D eigenvalue weighted by Crippen LogP contribution is -2.42. The molecule has 0 heterocycles. The second-order valence-corrected chi connectivity index (χ2v) is 4.88. The molecule has 0 amide bonds. The lowest BCUT2D eigenvalue weighted by molar-refractivity contribution is 0.0986. The molecule has 84 valence electrons. The van der Waals surface area contributed by atoms with Crippen LogP contribution in [0.5, 0.6) is 0 Å². The SMILES string of the molecule is CC(C)CCCN(CCO)C1CCC1. The van der Waals surface area contributed by atoms with Crippen molar-refractivity contribution in [3.8, 4) is 0 Å². The molecule has 1 aliphatic rings. The van der Waals surface area contributed by atoms with E-state index < -0.39 is 0 Å². The minimum absolute atomic E-state index is 0.318. The first-order valence-electron chi connectivity index (χ1n) is 6.09. The first-order valence-corrected chi connectivity index (χ1v) is 6.09. The summed E-state index contributed by atoms with van der Waals surface area (Å²) in [6.45, 7) is 6.93. The Balaban J connectivity index is 2.14. The molecule has 14 heavy (non-hydrogen) atoms. The Morgan fingerprint density at radius 3 is 2.43 bits per heavy atom. The van der Waals surface area contributed by atoms with Crippen LogP contribution in [-0.4, -0.2) is 35.7 Å². The van der Waals surface area contributed by atoms with Crippen molar-refractivity contribution in [2.75, 3.05) is 19.7 Å². The van der Waals surface area contributed by atoms with Crippen LogP contribution in [0.2, 0.25) is 0 Å². The fourth-order valence-corrected chi connectivity index (χ4v) is 2.06. The van der Waals surface area contributed by atoms with Crippen LogP contribution in [0.15, 0.2) is 0 Å². The molecular weight excluding hydrogens is 174 g/mol. The minimum atomic E-state index is 0.318. The molecule has 0 aliphatic heterocycles. The standard InChI is InChI=1S/C12H25NO/c1-11(2)5-4-8-13(9-10-14)12-6-3-7-12/h11-12,14H,3-10H2,1-2H3. The highest BCUT2D eigenvalue weighted by atomic mass is 16.3. The van der Waals surface area contributed by atoms with Gasteiger partial charge in [0.05, 0.1) is 6.61 Å². The smallest absolute Gasteiger partial charge is 0.0558 e. The van der Waals surface area contributed by atoms with Crippen LogP contribution in [-0.2, 0) is 0 Å². The summed E-state index contributed by atoms with van der Waals surface area (Å²) in [6, 6.07) is 0.786. The van der Waals surface area contributed by atoms with E-state index in [2.05, 4.69) is 18.7 Å². The summed E-state index contributed by atoms with van der Waals surface area (Å²) in [6.07, 6.45) is 6.68. The molecule has 1 N–H and O–H groups in total. The van der Waals surface area contributed by atoms with Gasteiger partial charge < -0.3 is 5.11 Å². The van der Waals surface area contributed by atoms with Crippen molar-refractivity contribution < 1.29 is 5.11 Å². The highest BCUT2D eigenvalue weighted by Crippen LogP contribution is 2.24. The fourth-order valence-electron chi connectivity index (χ4n) is 2.06. The highest BCUT2D eigenvalue weighted by molar-refractivity contribution is 4.79. The summed E-state index contributed by atoms with van der Waals surface area (Å²) >= 11 is 0. The molecule has 1 fully saturated rings. The maximum atomic E-state index is 8.97. The van der Waals surface area contributed by atoms with Gasteiger partial charge in [0.25, 0.3) is 0 Å². The molecule has 2 nitrogen and oxygen atoms in total. The molecule has 0 atom stereocenters. The summed E-state index contributed by atoms with van der Waals surface area (Å²) in [7, 11) is 0. The van der Waals surface area contributed by atoms with Gasteiger partial charge in [-0.1, -0.05) is 20.3 Å². The first-order chi connectivity index (χ1) is 6.74. The van der Waals surface area contributed by atoms with Gasteiger partial charge in [-0.25, -0.2) is 0 Å². The van der Waals surface area contributed by atoms with Gasteiger partial charge in [0.2, 0.25) is 0 Å². The topological polar surface area (TPSA) is 23.5 Å². The summed E-state index contributed by atoms with van der Waals surface area (Å²) in [5, 5.41) is 8.97. The third-order valence-electron chi connectivity index (χ3n) is 3.21. The van der Waals surface area contributed by atoms with E-state index in [9.17, 15) is 0 Å². The Kier molecular flexibility index (Phi) is 5.49. The quantitative estimate of drug-likeness (QED) is 0.680. The summed E-state index contributed by atoms with van der Waals surface area (Å²) in [5.41, 5.74) is 0. The van der Waals surface area contributed by atoms with Crippen LogP contribution < -0.4 is 0 Å². The van der Waals surface area contributed by atoms with E-state index in [4.69, 9.17) is 5.11 Å². The second-order valence-electron chi connectivity index (χ2n) is 4.88. The van der Waals surface area contributed by atoms with E-state index in [0.29, 0.717) is 6.61 Å². The molecule has 0 spiro atoms. The number of nitrogens with zero attached hydrogens (tertiary/aromatic N) is 1. The average molecular weight is 199 g/mol. The zero-order chi connectivity index (χ0) is 10.4. The third kappa shape index (κ3) is 3.97. The van der Waals surface area contributed by atoms with Gasteiger partial charge in [-0.2, -0.15) is 0 Å². The van der Waals surface area contributed by atoms with Crippen molar-refractivity contribution in [2.24, 2.45) is 5.92 Å². The van der Waals surface area contributed by atoms with Crippen LogP contribution in [0.4, 0.5) is 0 Å². The van der Waals surface area contributed by atoms with Crippen LogP contribution in [0.3, 0.4) is 0 Å². The molecule has 0 saturated heterocycles. The summed E-state index contributed by atoms with van der Waals surface area (Å²) < 4.78 is 0. The van der Waals surface area contributed by atoms with Crippen molar-refractivity contribution >= 4 is 0 Å². The van der Waals surface area contributed by atoms with E-state index in [1.807, 2.05) is 0 Å². The molecule has 0 bridgehead atoms. The van der Waals surface area contributed by atoms with E-state index in [0.717, 1.165) is 18.5 Å². The second kappa shape index (κ2) is 6.41. The summed E-state index contributed by atoms with van der Waals surface area (Å²) in [5.74, 6) is 0.812. The normalized spacial score (nSPS) is 17.8. The van der Waals surface area contributed by atoms with Crippen molar-refractivity contribution in [3.63, 3.8) is 0 Å². The maximum Gasteiger partial charge on any atom is 0.0558 e. The van der Waals surface area contributed by atoms with Gasteiger partial charge in [0, 0.05) is 12.6 Å². The van der Waals surface area contributed by atoms with Crippen molar-refractivity contribution in [3.05, 3.63) is 0 Å². The number of hydrogen-bond donors (Lipinski definition) is 1. The lowest BCUT2D eigenvalue weighted by atomic mass is 9.91. The molecule has 2 heteroatoms. The number of rotatable bonds is 7. The number of aliphatic hydroxyl groups is 1. The minimum Gasteiger partial charge on any atom is -0.395 e. The molecule has 0 aromatic carbocycles. The predicted molar refractivity (Wildman–Crippen MR) is 60.4 cm³/mol. The molecule has 1 aliphatic carbocycles. The Morgan fingerprint density at radius 1 is 1.29 bits per heavy atom. The maximum absolute atomic E-state index is 8.97. The average Bonchev–Trinajstić information content (AvgIpc) is 2.00. The largest absolute Gasteiger partial charge is 0.395 e. The van der Waals surface area contributed by atoms with Gasteiger partial charge in [0.1, 0.15) is 0 Å². The fraction of sp³-hybridized carbons (Fsp3) is 1.00. The Morgan fingerprint density at radius 2 is 2.00 bits per heavy atom. The van der Waals surface area contributed by atoms with Crippen LogP contribution in [0.1, 0.15) is 46.0 Å². The van der Waals surface area contributed by atoms with Gasteiger partial charge in [-0.3, -0.25) is 4.90 Å². The lowest BCUT2D eigenvalue weighted by Gasteiger charge is -2.37. The molecular formula is C12H25NO. The molecule has 0 radical (unpaired) electrons. The van der Waals surface area contributed by atoms with E-state index >= 15 is 0 Å². The Bertz CT molecular complexity index is 143. The molecule has 1 rings (SSSR count).